The predicted molar refractivity (Wildman–Crippen MR) is 89.8 cm³/mol. The minimum Gasteiger partial charge on any atom is -0.376 e. The summed E-state index contributed by atoms with van der Waals surface area (Å²) in [5.41, 5.74) is 3.98. The van der Waals surface area contributed by atoms with Crippen LogP contribution in [0.15, 0.2) is 53.6 Å². The van der Waals surface area contributed by atoms with E-state index in [1.165, 1.54) is 18.3 Å². The molecule has 2 aromatic carbocycles. The molecule has 0 spiro atoms. The summed E-state index contributed by atoms with van der Waals surface area (Å²) in [5.74, 6) is -0.565. The number of rotatable bonds is 5. The highest BCUT2D eigenvalue weighted by Crippen LogP contribution is 2.10. The van der Waals surface area contributed by atoms with Gasteiger partial charge in [0.15, 0.2) is 0 Å². The largest absolute Gasteiger partial charge is 0.376 e. The van der Waals surface area contributed by atoms with E-state index in [1.807, 2.05) is 24.3 Å². The number of carbonyl (C=O) groups is 1. The first kappa shape index (κ1) is 15.4. The lowest BCUT2D eigenvalue weighted by Crippen LogP contribution is -2.25. The Kier molecular flexibility index (Phi) is 5.68. The number of hydrogen-bond donors (Lipinski definition) is 2. The summed E-state index contributed by atoms with van der Waals surface area (Å²) in [7, 11) is 0. The highest BCUT2D eigenvalue weighted by Gasteiger charge is 1.99. The van der Waals surface area contributed by atoms with Crippen LogP contribution in [0, 0.1) is 9.39 Å². The van der Waals surface area contributed by atoms with Gasteiger partial charge in [-0.3, -0.25) is 4.79 Å². The van der Waals surface area contributed by atoms with E-state index in [0.717, 1.165) is 9.26 Å². The standard InChI is InChI=1S/C15H13FIN3O/c16-12-3-1-11(2-4-12)9-19-20-15(21)10-18-14-7-5-13(17)6-8-14/h1-9,18H,10H2,(H,20,21)/b19-9+. The normalized spacial score (nSPS) is 10.6. The van der Waals surface area contributed by atoms with Crippen molar-refractivity contribution in [1.82, 2.24) is 5.43 Å². The Morgan fingerprint density at radius 2 is 1.81 bits per heavy atom. The van der Waals surface area contributed by atoms with E-state index in [9.17, 15) is 9.18 Å². The van der Waals surface area contributed by atoms with E-state index in [4.69, 9.17) is 0 Å². The lowest BCUT2D eigenvalue weighted by Gasteiger charge is -2.05. The van der Waals surface area contributed by atoms with Gasteiger partial charge in [0.25, 0.3) is 5.91 Å². The minimum absolute atomic E-state index is 0.126. The average Bonchev–Trinajstić information content (AvgIpc) is 2.49. The molecule has 2 rings (SSSR count). The maximum Gasteiger partial charge on any atom is 0.259 e. The van der Waals surface area contributed by atoms with E-state index in [0.29, 0.717) is 5.56 Å². The summed E-state index contributed by atoms with van der Waals surface area (Å²) >= 11 is 2.21. The number of hydrazone groups is 1. The first-order valence-electron chi connectivity index (χ1n) is 6.20. The van der Waals surface area contributed by atoms with Crippen LogP contribution in [0.4, 0.5) is 10.1 Å². The number of nitrogens with one attached hydrogen (secondary N) is 2. The van der Waals surface area contributed by atoms with E-state index in [2.05, 4.69) is 38.4 Å². The average molecular weight is 397 g/mol. The van der Waals surface area contributed by atoms with E-state index in [1.54, 1.807) is 12.1 Å². The monoisotopic (exact) mass is 397 g/mol. The Hall–Kier alpha value is -1.96. The van der Waals surface area contributed by atoms with Crippen molar-refractivity contribution >= 4 is 40.4 Å². The number of amides is 1. The molecule has 0 atom stereocenters. The van der Waals surface area contributed by atoms with Crippen molar-refractivity contribution in [3.05, 3.63) is 63.5 Å². The zero-order valence-corrected chi connectivity index (χ0v) is 13.2. The molecule has 0 bridgehead atoms. The van der Waals surface area contributed by atoms with Crippen LogP contribution in [0.3, 0.4) is 0 Å². The highest BCUT2D eigenvalue weighted by molar-refractivity contribution is 14.1. The number of nitrogens with zero attached hydrogens (tertiary/aromatic N) is 1. The molecule has 1 amide bonds. The second kappa shape index (κ2) is 7.72. The first-order valence-corrected chi connectivity index (χ1v) is 7.28. The molecule has 0 aliphatic rings. The van der Waals surface area contributed by atoms with Crippen molar-refractivity contribution in [2.24, 2.45) is 5.10 Å². The molecule has 0 aliphatic carbocycles. The van der Waals surface area contributed by atoms with Crippen LogP contribution >= 0.6 is 22.6 Å². The predicted octanol–water partition coefficient (Wildman–Crippen LogP) is 2.99. The van der Waals surface area contributed by atoms with Crippen LogP contribution in [-0.4, -0.2) is 18.7 Å². The van der Waals surface area contributed by atoms with Gasteiger partial charge in [-0.05, 0) is 64.6 Å². The molecule has 0 fully saturated rings. The van der Waals surface area contributed by atoms with E-state index in [-0.39, 0.29) is 18.3 Å². The molecule has 0 heterocycles. The molecular formula is C15H13FIN3O. The van der Waals surface area contributed by atoms with Gasteiger partial charge < -0.3 is 5.32 Å². The molecule has 108 valence electrons. The molecule has 6 heteroatoms. The second-order valence-corrected chi connectivity index (χ2v) is 5.45. The molecule has 0 radical (unpaired) electrons. The minimum atomic E-state index is -0.307. The van der Waals surface area contributed by atoms with E-state index < -0.39 is 0 Å². The van der Waals surface area contributed by atoms with Crippen LogP contribution in [0.2, 0.25) is 0 Å². The van der Waals surface area contributed by atoms with Crippen molar-refractivity contribution in [1.29, 1.82) is 0 Å². The smallest absolute Gasteiger partial charge is 0.259 e. The number of halogens is 2. The number of anilines is 1. The van der Waals surface area contributed by atoms with E-state index >= 15 is 0 Å². The fourth-order valence-electron chi connectivity index (χ4n) is 1.52. The number of hydrogen-bond acceptors (Lipinski definition) is 3. The van der Waals surface area contributed by atoms with Crippen molar-refractivity contribution in [3.63, 3.8) is 0 Å². The van der Waals surface area contributed by atoms with Crippen LogP contribution < -0.4 is 10.7 Å². The van der Waals surface area contributed by atoms with Gasteiger partial charge in [0.1, 0.15) is 5.82 Å². The molecule has 0 saturated carbocycles. The fourth-order valence-corrected chi connectivity index (χ4v) is 1.88. The van der Waals surface area contributed by atoms with Gasteiger partial charge in [0, 0.05) is 9.26 Å². The Morgan fingerprint density at radius 1 is 1.14 bits per heavy atom. The molecule has 0 aliphatic heterocycles. The molecule has 21 heavy (non-hydrogen) atoms. The van der Waals surface area contributed by atoms with Crippen molar-refractivity contribution in [2.75, 3.05) is 11.9 Å². The number of carbonyl (C=O) groups excluding carboxylic acids is 1. The third-order valence-corrected chi connectivity index (χ3v) is 3.29. The molecule has 0 aromatic heterocycles. The van der Waals surface area contributed by atoms with Crippen LogP contribution in [0.25, 0.3) is 0 Å². The van der Waals surface area contributed by atoms with Gasteiger partial charge in [-0.25, -0.2) is 9.82 Å². The lowest BCUT2D eigenvalue weighted by atomic mass is 10.2. The van der Waals surface area contributed by atoms with Crippen molar-refractivity contribution in [2.45, 2.75) is 0 Å². The maximum absolute atomic E-state index is 12.7. The SMILES string of the molecule is O=C(CNc1ccc(I)cc1)N/N=C/c1ccc(F)cc1. The fraction of sp³-hybridized carbons (Fsp3) is 0.0667. The van der Waals surface area contributed by atoms with Gasteiger partial charge in [-0.1, -0.05) is 12.1 Å². The Labute approximate surface area is 135 Å². The van der Waals surface area contributed by atoms with Crippen LogP contribution in [0.1, 0.15) is 5.56 Å². The molecular weight excluding hydrogens is 384 g/mol. The third kappa shape index (κ3) is 5.50. The molecule has 4 nitrogen and oxygen atoms in total. The molecule has 0 saturated heterocycles. The van der Waals surface area contributed by atoms with Crippen LogP contribution in [0.5, 0.6) is 0 Å². The Morgan fingerprint density at radius 3 is 2.48 bits per heavy atom. The summed E-state index contributed by atoms with van der Waals surface area (Å²) in [6.07, 6.45) is 1.46. The summed E-state index contributed by atoms with van der Waals surface area (Å²) < 4.78 is 13.8. The van der Waals surface area contributed by atoms with Crippen LogP contribution in [-0.2, 0) is 4.79 Å². The first-order chi connectivity index (χ1) is 10.1. The summed E-state index contributed by atoms with van der Waals surface area (Å²) in [6, 6.07) is 13.5. The van der Waals surface area contributed by atoms with Gasteiger partial charge in [0.2, 0.25) is 0 Å². The lowest BCUT2D eigenvalue weighted by molar-refractivity contribution is -0.119. The Bertz CT molecular complexity index is 626. The second-order valence-electron chi connectivity index (χ2n) is 4.21. The quantitative estimate of drug-likeness (QED) is 0.463. The number of benzene rings is 2. The molecule has 2 N–H and O–H groups in total. The zero-order chi connectivity index (χ0) is 15.1. The third-order valence-electron chi connectivity index (χ3n) is 2.57. The molecule has 2 aromatic rings. The summed E-state index contributed by atoms with van der Waals surface area (Å²) in [5, 5.41) is 6.80. The molecule has 0 unspecified atom stereocenters. The van der Waals surface area contributed by atoms with Gasteiger partial charge in [0.05, 0.1) is 12.8 Å². The van der Waals surface area contributed by atoms with Gasteiger partial charge in [-0.2, -0.15) is 5.10 Å². The highest BCUT2D eigenvalue weighted by atomic mass is 127. The van der Waals surface area contributed by atoms with Crippen molar-refractivity contribution < 1.29 is 9.18 Å². The van der Waals surface area contributed by atoms with Gasteiger partial charge >= 0.3 is 0 Å². The Balaban J connectivity index is 1.77. The van der Waals surface area contributed by atoms with Gasteiger partial charge in [-0.15, -0.1) is 0 Å². The topological polar surface area (TPSA) is 53.5 Å². The summed E-state index contributed by atoms with van der Waals surface area (Å²) in [4.78, 5) is 11.6. The maximum atomic E-state index is 12.7. The zero-order valence-electron chi connectivity index (χ0n) is 11.0. The summed E-state index contributed by atoms with van der Waals surface area (Å²) in [6.45, 7) is 0.126. The van der Waals surface area contributed by atoms with Crippen molar-refractivity contribution in [3.8, 4) is 0 Å².